The summed E-state index contributed by atoms with van der Waals surface area (Å²) in [5.41, 5.74) is 3.03. The Morgan fingerprint density at radius 2 is 1.88 bits per heavy atom. The summed E-state index contributed by atoms with van der Waals surface area (Å²) in [6.07, 6.45) is 1.40. The van der Waals surface area contributed by atoms with Gasteiger partial charge in [0.05, 0.1) is 11.9 Å². The molecule has 0 spiro atoms. The zero-order valence-corrected chi connectivity index (χ0v) is 16.9. The van der Waals surface area contributed by atoms with E-state index < -0.39 is 16.1 Å². The number of hydrogen-bond acceptors (Lipinski definition) is 3. The molecule has 2 rings (SSSR count). The molecule has 26 heavy (non-hydrogen) atoms. The zero-order chi connectivity index (χ0) is 19.5. The number of anilines is 2. The number of hydrogen-bond donors (Lipinski definition) is 1. The number of carbonyl (C=O) groups excluding carboxylic acids is 1. The first-order valence-corrected chi connectivity index (χ1v) is 10.5. The molecule has 0 saturated heterocycles. The Morgan fingerprint density at radius 1 is 1.19 bits per heavy atom. The number of carbonyl (C=O) groups is 1. The Labute approximate surface area is 160 Å². The minimum absolute atomic E-state index is 0.316. The van der Waals surface area contributed by atoms with Gasteiger partial charge in [0, 0.05) is 10.7 Å². The van der Waals surface area contributed by atoms with Crippen LogP contribution >= 0.6 is 11.6 Å². The first-order chi connectivity index (χ1) is 12.1. The summed E-state index contributed by atoms with van der Waals surface area (Å²) in [5.74, 6) is -0.384. The number of nitrogens with zero attached hydrogens (tertiary/aromatic N) is 1. The molecule has 0 unspecified atom stereocenters. The van der Waals surface area contributed by atoms with Crippen LogP contribution in [-0.2, 0) is 14.8 Å². The fourth-order valence-electron chi connectivity index (χ4n) is 2.84. The van der Waals surface area contributed by atoms with Crippen molar-refractivity contribution in [2.75, 3.05) is 15.9 Å². The molecule has 0 aliphatic rings. The quantitative estimate of drug-likeness (QED) is 0.800. The van der Waals surface area contributed by atoms with Crippen LogP contribution in [0.15, 0.2) is 42.5 Å². The van der Waals surface area contributed by atoms with Crippen molar-refractivity contribution in [1.82, 2.24) is 0 Å². The Morgan fingerprint density at radius 3 is 2.42 bits per heavy atom. The maximum Gasteiger partial charge on any atom is 0.248 e. The van der Waals surface area contributed by atoms with Gasteiger partial charge in [0.25, 0.3) is 0 Å². The van der Waals surface area contributed by atoms with Crippen molar-refractivity contribution in [2.24, 2.45) is 0 Å². The highest BCUT2D eigenvalue weighted by molar-refractivity contribution is 7.92. The Hall–Kier alpha value is -2.05. The van der Waals surface area contributed by atoms with Gasteiger partial charge in [0.2, 0.25) is 15.9 Å². The van der Waals surface area contributed by atoms with Gasteiger partial charge in [-0.2, -0.15) is 0 Å². The minimum atomic E-state index is -3.69. The molecule has 0 radical (unpaired) electrons. The summed E-state index contributed by atoms with van der Waals surface area (Å²) < 4.78 is 26.0. The van der Waals surface area contributed by atoms with Gasteiger partial charge < -0.3 is 5.32 Å². The van der Waals surface area contributed by atoms with Crippen molar-refractivity contribution in [1.29, 1.82) is 0 Å². The third kappa shape index (κ3) is 4.77. The van der Waals surface area contributed by atoms with E-state index >= 15 is 0 Å². The first kappa shape index (κ1) is 20.3. The Balaban J connectivity index is 2.40. The lowest BCUT2D eigenvalue weighted by atomic mass is 10.1. The van der Waals surface area contributed by atoms with E-state index in [1.165, 1.54) is 6.07 Å². The number of aryl methyl sites for hydroxylation is 2. The van der Waals surface area contributed by atoms with Gasteiger partial charge in [-0.15, -0.1) is 0 Å². The molecule has 0 fully saturated rings. The second-order valence-electron chi connectivity index (χ2n) is 6.27. The summed E-state index contributed by atoms with van der Waals surface area (Å²) in [7, 11) is -3.69. The van der Waals surface area contributed by atoms with Crippen LogP contribution in [0, 0.1) is 13.8 Å². The largest absolute Gasteiger partial charge is 0.324 e. The number of sulfonamides is 1. The third-order valence-corrected chi connectivity index (χ3v) is 5.45. The van der Waals surface area contributed by atoms with Crippen LogP contribution in [0.25, 0.3) is 0 Å². The van der Waals surface area contributed by atoms with Crippen molar-refractivity contribution >= 4 is 38.9 Å². The molecule has 5 nitrogen and oxygen atoms in total. The van der Waals surface area contributed by atoms with Crippen molar-refractivity contribution in [3.63, 3.8) is 0 Å². The molecule has 1 N–H and O–H groups in total. The molecule has 1 atom stereocenters. The first-order valence-electron chi connectivity index (χ1n) is 8.26. The van der Waals surface area contributed by atoms with Gasteiger partial charge in [-0.05, 0) is 50.1 Å². The highest BCUT2D eigenvalue weighted by Gasteiger charge is 2.31. The van der Waals surface area contributed by atoms with Gasteiger partial charge in [0.1, 0.15) is 6.04 Å². The summed E-state index contributed by atoms with van der Waals surface area (Å²) >= 11 is 6.01. The van der Waals surface area contributed by atoms with Gasteiger partial charge in [0.15, 0.2) is 0 Å². The molecule has 2 aromatic rings. The molecule has 1 amide bonds. The second-order valence-corrected chi connectivity index (χ2v) is 8.57. The predicted molar refractivity (Wildman–Crippen MR) is 107 cm³/mol. The van der Waals surface area contributed by atoms with Crippen LogP contribution < -0.4 is 9.62 Å². The van der Waals surface area contributed by atoms with Crippen molar-refractivity contribution in [3.05, 3.63) is 58.6 Å². The zero-order valence-electron chi connectivity index (χ0n) is 15.3. The van der Waals surface area contributed by atoms with Crippen LogP contribution in [0.4, 0.5) is 11.4 Å². The van der Waals surface area contributed by atoms with E-state index in [1.807, 2.05) is 32.0 Å². The van der Waals surface area contributed by atoms with Gasteiger partial charge >= 0.3 is 0 Å². The standard InChI is InChI=1S/C19H23ClN2O3S/c1-5-18(19(23)21-17-10-9-13(2)11-14(17)3)22(26(4,24)25)16-8-6-7-15(20)12-16/h6-12,18H,5H2,1-4H3,(H,21,23)/t18-/m0/s1. The molecule has 0 heterocycles. The smallest absolute Gasteiger partial charge is 0.248 e. The maximum atomic E-state index is 12.9. The number of halogens is 1. The van der Waals surface area contributed by atoms with E-state index in [1.54, 1.807) is 25.1 Å². The monoisotopic (exact) mass is 394 g/mol. The van der Waals surface area contributed by atoms with E-state index in [9.17, 15) is 13.2 Å². The lowest BCUT2D eigenvalue weighted by Gasteiger charge is -2.30. The lowest BCUT2D eigenvalue weighted by molar-refractivity contribution is -0.117. The Bertz CT molecular complexity index is 913. The van der Waals surface area contributed by atoms with Crippen LogP contribution in [0.1, 0.15) is 24.5 Å². The normalized spacial score (nSPS) is 12.5. The molecular weight excluding hydrogens is 372 g/mol. The molecule has 7 heteroatoms. The second kappa shape index (κ2) is 8.10. The highest BCUT2D eigenvalue weighted by Crippen LogP contribution is 2.26. The van der Waals surface area contributed by atoms with E-state index in [0.717, 1.165) is 21.7 Å². The van der Waals surface area contributed by atoms with Crippen LogP contribution in [0.2, 0.25) is 5.02 Å². The molecular formula is C19H23ClN2O3S. The number of nitrogens with one attached hydrogen (secondary N) is 1. The molecule has 0 bridgehead atoms. The number of benzene rings is 2. The van der Waals surface area contributed by atoms with Crippen molar-refractivity contribution < 1.29 is 13.2 Å². The van der Waals surface area contributed by atoms with Crippen LogP contribution in [0.3, 0.4) is 0 Å². The Kier molecular flexibility index (Phi) is 6.31. The number of rotatable bonds is 6. The van der Waals surface area contributed by atoms with E-state index in [-0.39, 0.29) is 5.91 Å². The van der Waals surface area contributed by atoms with Crippen LogP contribution in [-0.4, -0.2) is 26.6 Å². The molecule has 140 valence electrons. The lowest BCUT2D eigenvalue weighted by Crippen LogP contribution is -2.47. The summed E-state index contributed by atoms with van der Waals surface area (Å²) in [5, 5.41) is 3.25. The highest BCUT2D eigenvalue weighted by atomic mass is 35.5. The predicted octanol–water partition coefficient (Wildman–Crippen LogP) is 4.14. The van der Waals surface area contributed by atoms with Crippen molar-refractivity contribution in [3.8, 4) is 0 Å². The fourth-order valence-corrected chi connectivity index (χ4v) is 4.23. The molecule has 2 aromatic carbocycles. The van der Waals surface area contributed by atoms with E-state index in [2.05, 4.69) is 5.32 Å². The summed E-state index contributed by atoms with van der Waals surface area (Å²) in [6.45, 7) is 5.64. The SMILES string of the molecule is CC[C@@H](C(=O)Nc1ccc(C)cc1C)N(c1cccc(Cl)c1)S(C)(=O)=O. The molecule has 0 aromatic heterocycles. The molecule has 0 aliphatic carbocycles. The van der Waals surface area contributed by atoms with E-state index in [0.29, 0.717) is 22.8 Å². The van der Waals surface area contributed by atoms with Gasteiger partial charge in [-0.25, -0.2) is 8.42 Å². The summed E-state index contributed by atoms with van der Waals surface area (Å²) in [4.78, 5) is 12.9. The minimum Gasteiger partial charge on any atom is -0.324 e. The topological polar surface area (TPSA) is 66.5 Å². The molecule has 0 aliphatic heterocycles. The van der Waals surface area contributed by atoms with Crippen molar-refractivity contribution in [2.45, 2.75) is 33.2 Å². The molecule has 0 saturated carbocycles. The van der Waals surface area contributed by atoms with Gasteiger partial charge in [-0.3, -0.25) is 9.10 Å². The average molecular weight is 395 g/mol. The number of amides is 1. The fraction of sp³-hybridized carbons (Fsp3) is 0.316. The van der Waals surface area contributed by atoms with Crippen LogP contribution in [0.5, 0.6) is 0 Å². The average Bonchev–Trinajstić information content (AvgIpc) is 2.53. The maximum absolute atomic E-state index is 12.9. The third-order valence-electron chi connectivity index (χ3n) is 4.03. The van der Waals surface area contributed by atoms with Gasteiger partial charge in [-0.1, -0.05) is 42.3 Å². The summed E-state index contributed by atoms with van der Waals surface area (Å²) in [6, 6.07) is 11.3. The van der Waals surface area contributed by atoms with E-state index in [4.69, 9.17) is 11.6 Å².